The third-order valence-corrected chi connectivity index (χ3v) is 2.08. The van der Waals surface area contributed by atoms with Crippen LogP contribution in [-0.2, 0) is 0 Å². The molecule has 0 aliphatic heterocycles. The predicted octanol–water partition coefficient (Wildman–Crippen LogP) is 2.28. The monoisotopic (exact) mass is 285 g/mol. The molecule has 0 aliphatic carbocycles. The summed E-state index contributed by atoms with van der Waals surface area (Å²) < 4.78 is 53.4. The van der Waals surface area contributed by atoms with Gasteiger partial charge in [-0.15, -0.1) is 0 Å². The van der Waals surface area contributed by atoms with Gasteiger partial charge in [-0.05, 0) is 0 Å². The number of aromatic carboxylic acids is 1. The molecular weight excluding hydrogens is 282 g/mol. The Morgan fingerprint density at radius 2 is 1.50 bits per heavy atom. The third kappa shape index (κ3) is 2.52. The maximum absolute atomic E-state index is 13.4. The van der Waals surface area contributed by atoms with E-state index in [0.29, 0.717) is 6.20 Å². The first-order valence-electron chi connectivity index (χ1n) is 4.71. The minimum absolute atomic E-state index is 0.515. The van der Waals surface area contributed by atoms with Crippen molar-refractivity contribution >= 4 is 11.7 Å². The Morgan fingerprint density at radius 3 is 1.85 bits per heavy atom. The standard InChI is InChI=1S/C11H3F4N3O2/c12-6-5(11(19)20)7(13)9(15)10(8(6)14)18-3-4(1-16)2-17/h3,18H,(H,19,20). The molecule has 0 unspecified atom stereocenters. The lowest BCUT2D eigenvalue weighted by atomic mass is 10.1. The Labute approximate surface area is 109 Å². The number of anilines is 1. The number of carboxylic acid groups (broad SMARTS) is 1. The van der Waals surface area contributed by atoms with Crippen molar-refractivity contribution in [2.45, 2.75) is 0 Å². The fraction of sp³-hybridized carbons (Fsp3) is 0. The number of hydrogen-bond acceptors (Lipinski definition) is 4. The largest absolute Gasteiger partial charge is 0.477 e. The van der Waals surface area contributed by atoms with Gasteiger partial charge in [0.25, 0.3) is 0 Å². The minimum atomic E-state index is -2.19. The summed E-state index contributed by atoms with van der Waals surface area (Å²) in [7, 11) is 0. The van der Waals surface area contributed by atoms with Crippen LogP contribution in [-0.4, -0.2) is 11.1 Å². The van der Waals surface area contributed by atoms with E-state index >= 15 is 0 Å². The number of rotatable bonds is 3. The molecule has 0 bridgehead atoms. The first-order chi connectivity index (χ1) is 9.34. The second-order valence-corrected chi connectivity index (χ2v) is 3.24. The molecule has 0 atom stereocenters. The number of hydrogen-bond donors (Lipinski definition) is 2. The lowest BCUT2D eigenvalue weighted by Crippen LogP contribution is -2.12. The molecule has 0 heterocycles. The Morgan fingerprint density at radius 1 is 1.05 bits per heavy atom. The van der Waals surface area contributed by atoms with E-state index in [9.17, 15) is 22.4 Å². The summed E-state index contributed by atoms with van der Waals surface area (Å²) in [5.41, 5.74) is -3.75. The molecule has 1 aromatic rings. The van der Waals surface area contributed by atoms with Gasteiger partial charge in [-0.25, -0.2) is 22.4 Å². The number of benzene rings is 1. The molecule has 5 nitrogen and oxygen atoms in total. The van der Waals surface area contributed by atoms with E-state index in [1.165, 1.54) is 12.1 Å². The summed E-state index contributed by atoms with van der Waals surface area (Å²) in [6.45, 7) is 0. The fourth-order valence-electron chi connectivity index (χ4n) is 1.18. The van der Waals surface area contributed by atoms with Crippen LogP contribution in [0, 0.1) is 45.9 Å². The summed E-state index contributed by atoms with van der Waals surface area (Å²) in [4.78, 5) is 10.5. The average Bonchev–Trinajstić information content (AvgIpc) is 2.40. The molecule has 0 amide bonds. The molecule has 2 N–H and O–H groups in total. The van der Waals surface area contributed by atoms with Crippen LogP contribution in [0.1, 0.15) is 10.4 Å². The molecule has 0 aliphatic rings. The zero-order chi connectivity index (χ0) is 15.4. The van der Waals surface area contributed by atoms with Crippen molar-refractivity contribution < 1.29 is 27.5 Å². The molecule has 0 aromatic heterocycles. The molecule has 1 rings (SSSR count). The second kappa shape index (κ2) is 5.71. The van der Waals surface area contributed by atoms with Crippen molar-refractivity contribution in [3.63, 3.8) is 0 Å². The summed E-state index contributed by atoms with van der Waals surface area (Å²) in [5.74, 6) is -10.4. The number of carbonyl (C=O) groups is 1. The molecule has 0 radical (unpaired) electrons. The first kappa shape index (κ1) is 15.0. The number of allylic oxidation sites excluding steroid dienone is 1. The SMILES string of the molecule is N#CC(C#N)=CNc1c(F)c(F)c(C(=O)O)c(F)c1F. The third-order valence-electron chi connectivity index (χ3n) is 2.08. The fourth-order valence-corrected chi connectivity index (χ4v) is 1.18. The van der Waals surface area contributed by atoms with Crippen LogP contribution >= 0.6 is 0 Å². The zero-order valence-corrected chi connectivity index (χ0v) is 9.34. The van der Waals surface area contributed by atoms with E-state index in [1.54, 1.807) is 5.32 Å². The highest BCUT2D eigenvalue weighted by atomic mass is 19.2. The molecule has 102 valence electrons. The topological polar surface area (TPSA) is 96.9 Å². The highest BCUT2D eigenvalue weighted by molar-refractivity contribution is 5.89. The Balaban J connectivity index is 3.46. The van der Waals surface area contributed by atoms with Gasteiger partial charge in [0.15, 0.2) is 23.3 Å². The van der Waals surface area contributed by atoms with Crippen molar-refractivity contribution in [2.24, 2.45) is 0 Å². The van der Waals surface area contributed by atoms with Gasteiger partial charge in [0.1, 0.15) is 29.0 Å². The minimum Gasteiger partial charge on any atom is -0.477 e. The van der Waals surface area contributed by atoms with Crippen LogP contribution < -0.4 is 5.32 Å². The van der Waals surface area contributed by atoms with Gasteiger partial charge < -0.3 is 10.4 Å². The number of nitrogens with one attached hydrogen (secondary N) is 1. The zero-order valence-electron chi connectivity index (χ0n) is 9.34. The van der Waals surface area contributed by atoms with Gasteiger partial charge in [-0.1, -0.05) is 0 Å². The number of carboxylic acids is 1. The lowest BCUT2D eigenvalue weighted by Gasteiger charge is -2.09. The van der Waals surface area contributed by atoms with Crippen LogP contribution in [0.25, 0.3) is 0 Å². The summed E-state index contributed by atoms with van der Waals surface area (Å²) >= 11 is 0. The van der Waals surface area contributed by atoms with Crippen LogP contribution in [0.5, 0.6) is 0 Å². The summed E-state index contributed by atoms with van der Waals surface area (Å²) in [6.07, 6.45) is 0.515. The van der Waals surface area contributed by atoms with E-state index < -0.39 is 46.1 Å². The highest BCUT2D eigenvalue weighted by Gasteiger charge is 2.28. The summed E-state index contributed by atoms with van der Waals surface area (Å²) in [5, 5.41) is 26.9. The quantitative estimate of drug-likeness (QED) is 0.504. The molecular formula is C11H3F4N3O2. The normalized spacial score (nSPS) is 9.30. The molecule has 1 aromatic carbocycles. The summed E-state index contributed by atoms with van der Waals surface area (Å²) in [6, 6.07) is 2.66. The van der Waals surface area contributed by atoms with Crippen LogP contribution in [0.4, 0.5) is 23.2 Å². The Kier molecular flexibility index (Phi) is 4.28. The van der Waals surface area contributed by atoms with Gasteiger partial charge in [-0.3, -0.25) is 0 Å². The van der Waals surface area contributed by atoms with Gasteiger partial charge in [0, 0.05) is 6.20 Å². The molecule has 0 spiro atoms. The molecule has 0 saturated heterocycles. The number of nitriles is 2. The average molecular weight is 285 g/mol. The van der Waals surface area contributed by atoms with Crippen molar-refractivity contribution in [3.8, 4) is 12.1 Å². The first-order valence-corrected chi connectivity index (χ1v) is 4.71. The van der Waals surface area contributed by atoms with Crippen molar-refractivity contribution in [1.29, 1.82) is 10.5 Å². The van der Waals surface area contributed by atoms with Crippen molar-refractivity contribution in [2.75, 3.05) is 5.32 Å². The van der Waals surface area contributed by atoms with E-state index in [1.807, 2.05) is 0 Å². The Hall–Kier alpha value is -3.07. The Bertz CT molecular complexity index is 656. The van der Waals surface area contributed by atoms with Crippen LogP contribution in [0.3, 0.4) is 0 Å². The molecule has 0 saturated carbocycles. The second-order valence-electron chi connectivity index (χ2n) is 3.24. The van der Waals surface area contributed by atoms with E-state index in [0.717, 1.165) is 0 Å². The van der Waals surface area contributed by atoms with Gasteiger partial charge in [-0.2, -0.15) is 10.5 Å². The van der Waals surface area contributed by atoms with E-state index in [4.69, 9.17) is 15.6 Å². The lowest BCUT2D eigenvalue weighted by molar-refractivity contribution is 0.0683. The van der Waals surface area contributed by atoms with E-state index in [-0.39, 0.29) is 0 Å². The van der Waals surface area contributed by atoms with Crippen LogP contribution in [0.15, 0.2) is 11.8 Å². The maximum Gasteiger partial charge on any atom is 0.341 e. The van der Waals surface area contributed by atoms with Crippen molar-refractivity contribution in [3.05, 3.63) is 40.6 Å². The maximum atomic E-state index is 13.4. The smallest absolute Gasteiger partial charge is 0.341 e. The van der Waals surface area contributed by atoms with E-state index in [2.05, 4.69) is 0 Å². The number of halogens is 4. The number of nitrogens with zero attached hydrogens (tertiary/aromatic N) is 2. The van der Waals surface area contributed by atoms with Gasteiger partial charge >= 0.3 is 5.97 Å². The van der Waals surface area contributed by atoms with Gasteiger partial charge in [0.2, 0.25) is 0 Å². The van der Waals surface area contributed by atoms with Crippen molar-refractivity contribution in [1.82, 2.24) is 0 Å². The predicted molar refractivity (Wildman–Crippen MR) is 56.2 cm³/mol. The molecule has 9 heteroatoms. The van der Waals surface area contributed by atoms with Crippen LogP contribution in [0.2, 0.25) is 0 Å². The molecule has 20 heavy (non-hydrogen) atoms. The molecule has 0 fully saturated rings. The highest BCUT2D eigenvalue weighted by Crippen LogP contribution is 2.28. The van der Waals surface area contributed by atoms with Gasteiger partial charge in [0.05, 0.1) is 0 Å².